The number of aromatic hydroxyl groups is 1. The molecule has 19 heavy (non-hydrogen) atoms. The van der Waals surface area contributed by atoms with Crippen molar-refractivity contribution in [1.29, 1.82) is 0 Å². The van der Waals surface area contributed by atoms with Crippen LogP contribution in [0.2, 0.25) is 0 Å². The molecule has 1 rings (SSSR count). The summed E-state index contributed by atoms with van der Waals surface area (Å²) in [6.07, 6.45) is 0. The Hall–Kier alpha value is -1.51. The lowest BCUT2D eigenvalue weighted by atomic mass is 9.76. The minimum absolute atomic E-state index is 0.113. The summed E-state index contributed by atoms with van der Waals surface area (Å²) in [5.41, 5.74) is 7.79. The molecule has 0 fully saturated rings. The van der Waals surface area contributed by atoms with Gasteiger partial charge in [-0.2, -0.15) is 0 Å². The molecule has 0 bridgehead atoms. The van der Waals surface area contributed by atoms with Crippen molar-refractivity contribution in [3.05, 3.63) is 22.8 Å². The van der Waals surface area contributed by atoms with E-state index < -0.39 is 0 Å². The van der Waals surface area contributed by atoms with Gasteiger partial charge in [-0.15, -0.1) is 0 Å². The minimum Gasteiger partial charge on any atom is -0.507 e. The lowest BCUT2D eigenvalue weighted by Gasteiger charge is -2.29. The van der Waals surface area contributed by atoms with Crippen LogP contribution in [0.15, 0.2) is 6.07 Å². The number of nitrogens with two attached hydrogens (primary N) is 1. The maximum absolute atomic E-state index is 11.9. The number of carbonyl (C=O) groups is 1. The van der Waals surface area contributed by atoms with Gasteiger partial charge in [0.1, 0.15) is 5.75 Å². The van der Waals surface area contributed by atoms with E-state index in [1.807, 2.05) is 41.5 Å². The van der Waals surface area contributed by atoms with E-state index in [1.165, 1.54) is 6.92 Å². The number of nitrogen functional groups attached to an aromatic ring is 1. The molecule has 0 aliphatic heterocycles. The number of Topliss-reactive ketones (excluding diaryl/α,β-unsaturated/α-hetero) is 1. The third-order valence-corrected chi connectivity index (χ3v) is 3.24. The summed E-state index contributed by atoms with van der Waals surface area (Å²) < 4.78 is 0. The van der Waals surface area contributed by atoms with Crippen molar-refractivity contribution in [1.82, 2.24) is 0 Å². The van der Waals surface area contributed by atoms with Gasteiger partial charge in [-0.05, 0) is 23.8 Å². The van der Waals surface area contributed by atoms with Gasteiger partial charge in [0.25, 0.3) is 0 Å². The second-order valence-corrected chi connectivity index (χ2v) is 7.17. The van der Waals surface area contributed by atoms with Gasteiger partial charge in [0.15, 0.2) is 5.78 Å². The van der Waals surface area contributed by atoms with Crippen LogP contribution >= 0.6 is 0 Å². The first kappa shape index (κ1) is 15.5. The fourth-order valence-electron chi connectivity index (χ4n) is 2.37. The van der Waals surface area contributed by atoms with Crippen LogP contribution in [-0.2, 0) is 10.8 Å². The van der Waals surface area contributed by atoms with Crippen LogP contribution in [0, 0.1) is 0 Å². The quantitative estimate of drug-likeness (QED) is 0.460. The molecular weight excluding hydrogens is 238 g/mol. The molecule has 0 atom stereocenters. The van der Waals surface area contributed by atoms with Crippen molar-refractivity contribution >= 4 is 11.5 Å². The molecule has 1 aromatic carbocycles. The van der Waals surface area contributed by atoms with Crippen molar-refractivity contribution in [2.24, 2.45) is 0 Å². The summed E-state index contributed by atoms with van der Waals surface area (Å²) >= 11 is 0. The molecule has 0 amide bonds. The minimum atomic E-state index is -0.347. The highest BCUT2D eigenvalue weighted by Gasteiger charge is 2.31. The zero-order chi connectivity index (χ0) is 15.2. The molecule has 0 spiro atoms. The zero-order valence-electron chi connectivity index (χ0n) is 13.0. The first-order chi connectivity index (χ1) is 8.37. The van der Waals surface area contributed by atoms with Gasteiger partial charge in [-0.25, -0.2) is 0 Å². The van der Waals surface area contributed by atoms with Crippen LogP contribution in [0.5, 0.6) is 5.75 Å². The maximum atomic E-state index is 11.9. The fraction of sp³-hybridized carbons (Fsp3) is 0.562. The van der Waals surface area contributed by atoms with Crippen LogP contribution in [-0.4, -0.2) is 10.9 Å². The van der Waals surface area contributed by atoms with Crippen molar-refractivity contribution in [3.8, 4) is 5.75 Å². The fourth-order valence-corrected chi connectivity index (χ4v) is 2.37. The summed E-state index contributed by atoms with van der Waals surface area (Å²) in [4.78, 5) is 11.9. The molecule has 106 valence electrons. The summed E-state index contributed by atoms with van der Waals surface area (Å²) in [5, 5.41) is 10.6. The number of rotatable bonds is 1. The molecule has 0 aliphatic carbocycles. The first-order valence-corrected chi connectivity index (χ1v) is 6.54. The smallest absolute Gasteiger partial charge is 0.162 e. The van der Waals surface area contributed by atoms with Crippen LogP contribution in [0.4, 0.5) is 5.69 Å². The number of ketones is 1. The molecule has 0 saturated carbocycles. The van der Waals surface area contributed by atoms with E-state index >= 15 is 0 Å². The third-order valence-electron chi connectivity index (χ3n) is 3.24. The molecular formula is C16H25NO2. The zero-order valence-corrected chi connectivity index (χ0v) is 13.0. The standard InChI is InChI=1S/C16H25NO2/c1-9(18)12-11(17)8-10(15(2,3)4)14(19)13(12)16(5,6)7/h8,19H,17H2,1-7H3. The summed E-state index contributed by atoms with van der Waals surface area (Å²) in [7, 11) is 0. The Bertz CT molecular complexity index is 517. The molecule has 0 radical (unpaired) electrons. The molecule has 0 heterocycles. The predicted octanol–water partition coefficient (Wildman–Crippen LogP) is 3.77. The average Bonchev–Trinajstić information content (AvgIpc) is 2.16. The summed E-state index contributed by atoms with van der Waals surface area (Å²) in [5.74, 6) is 0.0811. The highest BCUT2D eigenvalue weighted by molar-refractivity contribution is 6.02. The summed E-state index contributed by atoms with van der Waals surface area (Å²) in [6.45, 7) is 13.4. The predicted molar refractivity (Wildman–Crippen MR) is 79.9 cm³/mol. The number of benzene rings is 1. The van der Waals surface area contributed by atoms with Gasteiger partial charge in [-0.1, -0.05) is 41.5 Å². The SMILES string of the molecule is CC(=O)c1c(N)cc(C(C)(C)C)c(O)c1C(C)(C)C. The van der Waals surface area contributed by atoms with E-state index in [0.717, 1.165) is 5.56 Å². The lowest BCUT2D eigenvalue weighted by Crippen LogP contribution is -2.22. The van der Waals surface area contributed by atoms with E-state index in [9.17, 15) is 9.90 Å². The van der Waals surface area contributed by atoms with Gasteiger partial charge >= 0.3 is 0 Å². The number of phenols is 1. The second kappa shape index (κ2) is 4.55. The van der Waals surface area contributed by atoms with Gasteiger partial charge in [0, 0.05) is 22.4 Å². The van der Waals surface area contributed by atoms with E-state index in [2.05, 4.69) is 0 Å². The highest BCUT2D eigenvalue weighted by atomic mass is 16.3. The lowest BCUT2D eigenvalue weighted by molar-refractivity contribution is 0.101. The Balaban J connectivity index is 3.84. The Morgan fingerprint density at radius 3 is 1.89 bits per heavy atom. The second-order valence-electron chi connectivity index (χ2n) is 7.17. The topological polar surface area (TPSA) is 63.3 Å². The molecule has 0 unspecified atom stereocenters. The van der Waals surface area contributed by atoms with E-state index in [4.69, 9.17) is 5.73 Å². The average molecular weight is 263 g/mol. The number of anilines is 1. The van der Waals surface area contributed by atoms with Gasteiger partial charge < -0.3 is 10.8 Å². The number of hydrogen-bond donors (Lipinski definition) is 2. The van der Waals surface area contributed by atoms with Crippen LogP contribution in [0.3, 0.4) is 0 Å². The molecule has 0 aliphatic rings. The van der Waals surface area contributed by atoms with Crippen molar-refractivity contribution in [3.63, 3.8) is 0 Å². The van der Waals surface area contributed by atoms with Crippen LogP contribution in [0.25, 0.3) is 0 Å². The molecule has 3 N–H and O–H groups in total. The molecule has 1 aromatic rings. The number of carbonyl (C=O) groups excluding carboxylic acids is 1. The Morgan fingerprint density at radius 2 is 1.58 bits per heavy atom. The Kier molecular flexibility index (Phi) is 3.72. The van der Waals surface area contributed by atoms with E-state index in [0.29, 0.717) is 16.8 Å². The molecule has 3 nitrogen and oxygen atoms in total. The highest BCUT2D eigenvalue weighted by Crippen LogP contribution is 2.43. The Labute approximate surface area is 115 Å². The van der Waals surface area contributed by atoms with Gasteiger partial charge in [0.2, 0.25) is 0 Å². The van der Waals surface area contributed by atoms with Crippen LogP contribution in [0.1, 0.15) is 70.0 Å². The summed E-state index contributed by atoms with van der Waals surface area (Å²) in [6, 6.07) is 1.72. The normalized spacial score (nSPS) is 12.6. The first-order valence-electron chi connectivity index (χ1n) is 6.54. The Morgan fingerprint density at radius 1 is 1.11 bits per heavy atom. The number of hydrogen-bond acceptors (Lipinski definition) is 3. The monoisotopic (exact) mass is 263 g/mol. The van der Waals surface area contributed by atoms with Crippen LogP contribution < -0.4 is 5.73 Å². The third kappa shape index (κ3) is 2.91. The maximum Gasteiger partial charge on any atom is 0.162 e. The molecule has 0 saturated heterocycles. The van der Waals surface area contributed by atoms with Gasteiger partial charge in [0.05, 0.1) is 0 Å². The number of phenolic OH excluding ortho intramolecular Hbond substituents is 1. The van der Waals surface area contributed by atoms with Crippen molar-refractivity contribution < 1.29 is 9.90 Å². The van der Waals surface area contributed by atoms with E-state index in [-0.39, 0.29) is 22.4 Å². The van der Waals surface area contributed by atoms with Gasteiger partial charge in [-0.3, -0.25) is 4.79 Å². The van der Waals surface area contributed by atoms with Crippen molar-refractivity contribution in [2.75, 3.05) is 5.73 Å². The molecule has 3 heteroatoms. The van der Waals surface area contributed by atoms with Crippen molar-refractivity contribution in [2.45, 2.75) is 59.3 Å². The largest absolute Gasteiger partial charge is 0.507 e. The van der Waals surface area contributed by atoms with E-state index in [1.54, 1.807) is 6.07 Å². The molecule has 0 aromatic heterocycles.